The predicted octanol–water partition coefficient (Wildman–Crippen LogP) is 3.18. The molecule has 1 aliphatic heterocycles. The van der Waals surface area contributed by atoms with Gasteiger partial charge in [0.25, 0.3) is 11.8 Å². The zero-order chi connectivity index (χ0) is 23.8. The van der Waals surface area contributed by atoms with Gasteiger partial charge in [0.05, 0.1) is 23.5 Å². The van der Waals surface area contributed by atoms with Crippen LogP contribution < -0.4 is 10.6 Å². The number of H-pyrrole nitrogens is 1. The van der Waals surface area contributed by atoms with Crippen molar-refractivity contribution in [3.05, 3.63) is 50.6 Å². The van der Waals surface area contributed by atoms with Crippen molar-refractivity contribution < 1.29 is 14.8 Å². The number of thiazole rings is 1. The Kier molecular flexibility index (Phi) is 6.28. The van der Waals surface area contributed by atoms with Crippen LogP contribution in [-0.4, -0.2) is 63.3 Å². The molecule has 178 valence electrons. The fourth-order valence-corrected chi connectivity index (χ4v) is 5.83. The number of oxime groups is 1. The minimum absolute atomic E-state index is 0.240. The van der Waals surface area contributed by atoms with Crippen molar-refractivity contribution in [2.75, 3.05) is 13.6 Å². The monoisotopic (exact) mass is 500 g/mol. The summed E-state index contributed by atoms with van der Waals surface area (Å²) in [4.78, 5) is 37.0. The fraction of sp³-hybridized carbons (Fsp3) is 0.391. The number of aromatic nitrogens is 2. The molecule has 2 unspecified atom stereocenters. The molecule has 0 saturated heterocycles. The molecule has 0 radical (unpaired) electrons. The molecule has 5 rings (SSSR count). The van der Waals surface area contributed by atoms with Gasteiger partial charge in [-0.25, -0.2) is 4.98 Å². The largest absolute Gasteiger partial charge is 0.411 e. The summed E-state index contributed by atoms with van der Waals surface area (Å²) in [5.74, 6) is -0.542. The molecule has 34 heavy (non-hydrogen) atoms. The third kappa shape index (κ3) is 4.66. The van der Waals surface area contributed by atoms with E-state index in [1.54, 1.807) is 18.2 Å². The van der Waals surface area contributed by atoms with Gasteiger partial charge in [-0.3, -0.25) is 9.59 Å². The molecule has 3 aromatic rings. The van der Waals surface area contributed by atoms with E-state index in [-0.39, 0.29) is 17.9 Å². The standard InChI is InChI=1S/C23H25ClN6O3S/c1-30-7-6-17-20(11-30)34-23(28-17)22(32)26-16-5-3-14(29-33)10-18(16)27-21(31)19-9-12-8-13(24)2-4-15(12)25-19/h2,4,8-9,16,18,25,33H,3,5-7,10-11H2,1H3,(H,26,32)(H,27,31)/b29-14-. The van der Waals surface area contributed by atoms with Crippen LogP contribution in [0.4, 0.5) is 0 Å². The molecule has 11 heteroatoms. The summed E-state index contributed by atoms with van der Waals surface area (Å²) in [5.41, 5.74) is 2.79. The summed E-state index contributed by atoms with van der Waals surface area (Å²) in [6, 6.07) is 6.37. The second-order valence-electron chi connectivity index (χ2n) is 8.86. The second-order valence-corrected chi connectivity index (χ2v) is 10.4. The van der Waals surface area contributed by atoms with Gasteiger partial charge in [-0.2, -0.15) is 0 Å². The van der Waals surface area contributed by atoms with E-state index in [0.717, 1.165) is 41.0 Å². The van der Waals surface area contributed by atoms with Crippen LogP contribution >= 0.6 is 22.9 Å². The summed E-state index contributed by atoms with van der Waals surface area (Å²) in [5, 5.41) is 20.6. The van der Waals surface area contributed by atoms with E-state index in [2.05, 4.69) is 37.7 Å². The number of rotatable bonds is 4. The molecule has 1 fully saturated rings. The van der Waals surface area contributed by atoms with Gasteiger partial charge >= 0.3 is 0 Å². The van der Waals surface area contributed by atoms with E-state index in [0.29, 0.717) is 40.7 Å². The number of fused-ring (bicyclic) bond motifs is 2. The van der Waals surface area contributed by atoms with Crippen LogP contribution in [0.15, 0.2) is 29.4 Å². The average Bonchev–Trinajstić information content (AvgIpc) is 3.43. The summed E-state index contributed by atoms with van der Waals surface area (Å²) < 4.78 is 0. The van der Waals surface area contributed by atoms with E-state index < -0.39 is 6.04 Å². The van der Waals surface area contributed by atoms with Crippen LogP contribution in [0.1, 0.15) is 50.1 Å². The maximum atomic E-state index is 13.0. The Morgan fingerprint density at radius 1 is 1.24 bits per heavy atom. The highest BCUT2D eigenvalue weighted by atomic mass is 35.5. The highest BCUT2D eigenvalue weighted by Crippen LogP contribution is 2.26. The quantitative estimate of drug-likeness (QED) is 0.323. The maximum absolute atomic E-state index is 13.0. The lowest BCUT2D eigenvalue weighted by atomic mass is 9.88. The second kappa shape index (κ2) is 9.36. The first-order valence-corrected chi connectivity index (χ1v) is 12.4. The van der Waals surface area contributed by atoms with Crippen molar-refractivity contribution in [2.45, 2.75) is 44.3 Å². The van der Waals surface area contributed by atoms with E-state index >= 15 is 0 Å². The van der Waals surface area contributed by atoms with Crippen molar-refractivity contribution in [3.8, 4) is 0 Å². The van der Waals surface area contributed by atoms with Crippen molar-refractivity contribution in [2.24, 2.45) is 5.16 Å². The van der Waals surface area contributed by atoms with Gasteiger partial charge in [-0.05, 0) is 44.2 Å². The number of carbonyl (C=O) groups is 2. The minimum atomic E-state index is -0.424. The Morgan fingerprint density at radius 2 is 2.06 bits per heavy atom. The molecule has 1 aromatic carbocycles. The number of amides is 2. The summed E-state index contributed by atoms with van der Waals surface area (Å²) >= 11 is 7.48. The molecule has 1 aliphatic carbocycles. The summed E-state index contributed by atoms with van der Waals surface area (Å²) in [6.45, 7) is 1.73. The number of halogens is 1. The molecular formula is C23H25ClN6O3S. The molecule has 2 aromatic heterocycles. The molecular weight excluding hydrogens is 476 g/mol. The lowest BCUT2D eigenvalue weighted by Crippen LogP contribution is -2.54. The predicted molar refractivity (Wildman–Crippen MR) is 131 cm³/mol. The van der Waals surface area contributed by atoms with Crippen LogP contribution in [-0.2, 0) is 13.0 Å². The first-order chi connectivity index (χ1) is 16.4. The zero-order valence-corrected chi connectivity index (χ0v) is 20.2. The number of aromatic amines is 1. The Hall–Kier alpha value is -2.95. The number of hydrogen-bond acceptors (Lipinski definition) is 7. The van der Waals surface area contributed by atoms with Crippen molar-refractivity contribution in [1.82, 2.24) is 25.5 Å². The van der Waals surface area contributed by atoms with E-state index in [9.17, 15) is 14.8 Å². The van der Waals surface area contributed by atoms with Gasteiger partial charge in [-0.15, -0.1) is 11.3 Å². The van der Waals surface area contributed by atoms with Gasteiger partial charge < -0.3 is 25.7 Å². The van der Waals surface area contributed by atoms with E-state index in [1.165, 1.54) is 11.3 Å². The number of nitrogens with zero attached hydrogens (tertiary/aromatic N) is 3. The number of hydrogen-bond donors (Lipinski definition) is 4. The van der Waals surface area contributed by atoms with Crippen LogP contribution in [0.3, 0.4) is 0 Å². The topological polar surface area (TPSA) is 123 Å². The van der Waals surface area contributed by atoms with Crippen LogP contribution in [0.2, 0.25) is 5.02 Å². The van der Waals surface area contributed by atoms with Gasteiger partial charge in [0.15, 0.2) is 5.01 Å². The summed E-state index contributed by atoms with van der Waals surface area (Å²) in [7, 11) is 2.06. The first kappa shape index (κ1) is 22.8. The molecule has 1 saturated carbocycles. The molecule has 2 aliphatic rings. The highest BCUT2D eigenvalue weighted by molar-refractivity contribution is 7.13. The lowest BCUT2D eigenvalue weighted by Gasteiger charge is -2.32. The molecule has 3 heterocycles. The SMILES string of the molecule is CN1CCc2nc(C(=O)NC3CC/C(=N/O)CC3NC(=O)c3cc4cc(Cl)ccc4[nH]3)sc2C1. The molecule has 0 spiro atoms. The van der Waals surface area contributed by atoms with Gasteiger partial charge in [0.2, 0.25) is 0 Å². The Balaban J connectivity index is 1.31. The van der Waals surface area contributed by atoms with Crippen LogP contribution in [0, 0.1) is 0 Å². The van der Waals surface area contributed by atoms with Crippen LogP contribution in [0.25, 0.3) is 10.9 Å². The highest BCUT2D eigenvalue weighted by Gasteiger charge is 2.33. The molecule has 2 atom stereocenters. The Bertz CT molecular complexity index is 1280. The van der Waals surface area contributed by atoms with Crippen molar-refractivity contribution in [1.29, 1.82) is 0 Å². The maximum Gasteiger partial charge on any atom is 0.280 e. The van der Waals surface area contributed by atoms with Gasteiger partial charge in [-0.1, -0.05) is 16.8 Å². The minimum Gasteiger partial charge on any atom is -0.411 e. The number of carbonyl (C=O) groups excluding carboxylic acids is 2. The molecule has 9 nitrogen and oxygen atoms in total. The van der Waals surface area contributed by atoms with E-state index in [1.807, 2.05) is 6.07 Å². The lowest BCUT2D eigenvalue weighted by molar-refractivity contribution is 0.0874. The van der Waals surface area contributed by atoms with Gasteiger partial charge in [0, 0.05) is 46.7 Å². The first-order valence-electron chi connectivity index (χ1n) is 11.2. The molecule has 0 bridgehead atoms. The normalized spacial score (nSPS) is 22.0. The Morgan fingerprint density at radius 3 is 2.88 bits per heavy atom. The zero-order valence-electron chi connectivity index (χ0n) is 18.6. The fourth-order valence-electron chi connectivity index (χ4n) is 4.56. The molecule has 4 N–H and O–H groups in total. The number of benzene rings is 1. The number of likely N-dealkylation sites (N-methyl/N-ethyl adjacent to an activating group) is 1. The number of nitrogens with one attached hydrogen (secondary N) is 3. The van der Waals surface area contributed by atoms with Gasteiger partial charge in [0.1, 0.15) is 5.69 Å². The average molecular weight is 501 g/mol. The van der Waals surface area contributed by atoms with Crippen LogP contribution in [0.5, 0.6) is 0 Å². The third-order valence-corrected chi connectivity index (χ3v) is 7.72. The van der Waals surface area contributed by atoms with Crippen molar-refractivity contribution in [3.63, 3.8) is 0 Å². The third-order valence-electron chi connectivity index (χ3n) is 6.40. The Labute approximate surface area is 205 Å². The summed E-state index contributed by atoms with van der Waals surface area (Å²) in [6.07, 6.45) is 2.27. The smallest absolute Gasteiger partial charge is 0.280 e. The molecule has 2 amide bonds. The van der Waals surface area contributed by atoms with Crippen molar-refractivity contribution >= 4 is 51.4 Å². The van der Waals surface area contributed by atoms with E-state index in [4.69, 9.17) is 11.6 Å².